The third-order valence-electron chi connectivity index (χ3n) is 3.95. The molecule has 7 heteroatoms. The van der Waals surface area contributed by atoms with Crippen molar-refractivity contribution in [3.05, 3.63) is 46.3 Å². The van der Waals surface area contributed by atoms with Crippen LogP contribution in [-0.2, 0) is 19.4 Å². The van der Waals surface area contributed by atoms with Crippen molar-refractivity contribution in [2.24, 2.45) is 4.99 Å². The van der Waals surface area contributed by atoms with Gasteiger partial charge in [-0.2, -0.15) is 0 Å². The molecule has 0 aliphatic carbocycles. The Balaban J connectivity index is 1.85. The molecule has 1 aromatic heterocycles. The van der Waals surface area contributed by atoms with E-state index in [0.717, 1.165) is 35.6 Å². The van der Waals surface area contributed by atoms with Crippen molar-refractivity contribution in [3.63, 3.8) is 0 Å². The summed E-state index contributed by atoms with van der Waals surface area (Å²) in [5.41, 5.74) is 2.10. The predicted octanol–water partition coefficient (Wildman–Crippen LogP) is 3.59. The van der Waals surface area contributed by atoms with Gasteiger partial charge in [-0.15, -0.1) is 0 Å². The van der Waals surface area contributed by atoms with Gasteiger partial charge in [0.15, 0.2) is 5.96 Å². The van der Waals surface area contributed by atoms with E-state index in [0.29, 0.717) is 24.1 Å². The Morgan fingerprint density at radius 1 is 1.31 bits per heavy atom. The third-order valence-corrected chi connectivity index (χ3v) is 4.19. The number of benzene rings is 1. The minimum absolute atomic E-state index is 0.0417. The lowest BCUT2D eigenvalue weighted by molar-refractivity contribution is 0.224. The molecule has 1 aromatic carbocycles. The Kier molecular flexibility index (Phi) is 7.78. The summed E-state index contributed by atoms with van der Waals surface area (Å²) in [6.07, 6.45) is 1.62. The SMILES string of the molecule is CCc1noc(CC)c1CNC(=NC)NCC(C)Oc1cccc(Cl)c1. The fraction of sp³-hybridized carbons (Fsp3) is 0.474. The summed E-state index contributed by atoms with van der Waals surface area (Å²) in [6, 6.07) is 7.38. The van der Waals surface area contributed by atoms with Gasteiger partial charge in [-0.1, -0.05) is 36.7 Å². The lowest BCUT2D eigenvalue weighted by Gasteiger charge is -2.18. The molecular weight excluding hydrogens is 352 g/mol. The highest BCUT2D eigenvalue weighted by Gasteiger charge is 2.14. The van der Waals surface area contributed by atoms with Crippen molar-refractivity contribution in [2.75, 3.05) is 13.6 Å². The van der Waals surface area contributed by atoms with Gasteiger partial charge < -0.3 is 19.9 Å². The molecule has 0 aliphatic heterocycles. The summed E-state index contributed by atoms with van der Waals surface area (Å²) in [4.78, 5) is 4.26. The van der Waals surface area contributed by atoms with Gasteiger partial charge in [-0.3, -0.25) is 4.99 Å². The molecule has 0 spiro atoms. The van der Waals surface area contributed by atoms with Crippen LogP contribution in [0.1, 0.15) is 37.8 Å². The number of nitrogens with zero attached hydrogens (tertiary/aromatic N) is 2. The minimum atomic E-state index is -0.0417. The maximum absolute atomic E-state index is 5.98. The number of guanidine groups is 1. The van der Waals surface area contributed by atoms with Crippen molar-refractivity contribution in [2.45, 2.75) is 46.3 Å². The van der Waals surface area contributed by atoms with Crippen LogP contribution in [0.4, 0.5) is 0 Å². The Hall–Kier alpha value is -2.21. The van der Waals surface area contributed by atoms with Gasteiger partial charge in [0.05, 0.1) is 12.2 Å². The molecule has 1 heterocycles. The number of hydrogen-bond acceptors (Lipinski definition) is 4. The molecule has 6 nitrogen and oxygen atoms in total. The van der Waals surface area contributed by atoms with Crippen LogP contribution in [0.5, 0.6) is 5.75 Å². The fourth-order valence-corrected chi connectivity index (χ4v) is 2.77. The van der Waals surface area contributed by atoms with Crippen LogP contribution < -0.4 is 15.4 Å². The van der Waals surface area contributed by atoms with Crippen molar-refractivity contribution < 1.29 is 9.26 Å². The van der Waals surface area contributed by atoms with E-state index in [2.05, 4.69) is 34.6 Å². The van der Waals surface area contributed by atoms with E-state index in [1.807, 2.05) is 25.1 Å². The highest BCUT2D eigenvalue weighted by molar-refractivity contribution is 6.30. The van der Waals surface area contributed by atoms with Gasteiger partial charge in [0.1, 0.15) is 17.6 Å². The van der Waals surface area contributed by atoms with Gasteiger partial charge >= 0.3 is 0 Å². The van der Waals surface area contributed by atoms with Gasteiger partial charge in [0, 0.05) is 30.6 Å². The molecule has 0 saturated heterocycles. The standard InChI is InChI=1S/C19H27ClN4O2/c1-5-17-16(18(6-2)26-24-17)12-23-19(21-4)22-11-13(3)25-15-9-7-8-14(20)10-15/h7-10,13H,5-6,11-12H2,1-4H3,(H2,21,22,23). The highest BCUT2D eigenvalue weighted by atomic mass is 35.5. The number of halogens is 1. The molecule has 142 valence electrons. The van der Waals surface area contributed by atoms with Crippen LogP contribution in [0.15, 0.2) is 33.8 Å². The van der Waals surface area contributed by atoms with E-state index in [1.165, 1.54) is 0 Å². The molecule has 26 heavy (non-hydrogen) atoms. The zero-order valence-corrected chi connectivity index (χ0v) is 16.6. The summed E-state index contributed by atoms with van der Waals surface area (Å²) in [7, 11) is 1.74. The molecule has 0 radical (unpaired) electrons. The van der Waals surface area contributed by atoms with Gasteiger partial charge in [-0.25, -0.2) is 0 Å². The highest BCUT2D eigenvalue weighted by Crippen LogP contribution is 2.18. The first-order valence-corrected chi connectivity index (χ1v) is 9.28. The van der Waals surface area contributed by atoms with Crippen LogP contribution >= 0.6 is 11.6 Å². The van der Waals surface area contributed by atoms with E-state index >= 15 is 0 Å². The Bertz CT molecular complexity index is 709. The van der Waals surface area contributed by atoms with Crippen molar-refractivity contribution in [1.82, 2.24) is 15.8 Å². The second-order valence-electron chi connectivity index (χ2n) is 5.93. The van der Waals surface area contributed by atoms with Crippen molar-refractivity contribution in [3.8, 4) is 5.75 Å². The van der Waals surface area contributed by atoms with E-state index in [1.54, 1.807) is 13.1 Å². The molecule has 0 amide bonds. The number of aromatic nitrogens is 1. The van der Waals surface area contributed by atoms with Crippen molar-refractivity contribution >= 4 is 17.6 Å². The molecule has 0 aliphatic rings. The number of ether oxygens (including phenoxy) is 1. The number of rotatable bonds is 8. The molecule has 0 fully saturated rings. The molecule has 2 rings (SSSR count). The molecule has 2 N–H and O–H groups in total. The zero-order chi connectivity index (χ0) is 18.9. The number of hydrogen-bond donors (Lipinski definition) is 2. The normalized spacial score (nSPS) is 12.7. The van der Waals surface area contributed by atoms with Crippen molar-refractivity contribution in [1.29, 1.82) is 0 Å². The van der Waals surface area contributed by atoms with E-state index in [4.69, 9.17) is 20.9 Å². The first kappa shape index (κ1) is 20.1. The molecule has 0 saturated carbocycles. The lowest BCUT2D eigenvalue weighted by Crippen LogP contribution is -2.41. The summed E-state index contributed by atoms with van der Waals surface area (Å²) < 4.78 is 11.3. The van der Waals surface area contributed by atoms with Crippen LogP contribution in [0.2, 0.25) is 5.02 Å². The minimum Gasteiger partial charge on any atom is -0.489 e. The summed E-state index contributed by atoms with van der Waals surface area (Å²) in [5.74, 6) is 2.37. The Morgan fingerprint density at radius 2 is 2.12 bits per heavy atom. The first-order chi connectivity index (χ1) is 12.6. The predicted molar refractivity (Wildman–Crippen MR) is 105 cm³/mol. The monoisotopic (exact) mass is 378 g/mol. The number of aliphatic imine (C=N–C) groups is 1. The van der Waals surface area contributed by atoms with Crippen LogP contribution in [0.3, 0.4) is 0 Å². The molecule has 2 aromatic rings. The number of nitrogens with one attached hydrogen (secondary N) is 2. The lowest BCUT2D eigenvalue weighted by atomic mass is 10.1. The third kappa shape index (κ3) is 5.66. The first-order valence-electron chi connectivity index (χ1n) is 8.90. The van der Waals surface area contributed by atoms with E-state index in [9.17, 15) is 0 Å². The average molecular weight is 379 g/mol. The zero-order valence-electron chi connectivity index (χ0n) is 15.8. The van der Waals surface area contributed by atoms with Crippen LogP contribution in [-0.4, -0.2) is 30.8 Å². The molecule has 0 bridgehead atoms. The topological polar surface area (TPSA) is 71.7 Å². The molecular formula is C19H27ClN4O2. The van der Waals surface area contributed by atoms with Gasteiger partial charge in [0.25, 0.3) is 0 Å². The summed E-state index contributed by atoms with van der Waals surface area (Å²) in [6.45, 7) is 7.36. The van der Waals surface area contributed by atoms with Gasteiger partial charge in [0.2, 0.25) is 0 Å². The smallest absolute Gasteiger partial charge is 0.191 e. The molecule has 1 unspecified atom stereocenters. The maximum Gasteiger partial charge on any atom is 0.191 e. The van der Waals surface area contributed by atoms with Crippen LogP contribution in [0.25, 0.3) is 0 Å². The average Bonchev–Trinajstić information content (AvgIpc) is 3.04. The Labute approximate surface area is 160 Å². The summed E-state index contributed by atoms with van der Waals surface area (Å²) >= 11 is 5.98. The molecule has 1 atom stereocenters. The summed E-state index contributed by atoms with van der Waals surface area (Å²) in [5, 5.41) is 11.4. The van der Waals surface area contributed by atoms with E-state index < -0.39 is 0 Å². The number of aryl methyl sites for hydroxylation is 2. The second kappa shape index (κ2) is 10.1. The van der Waals surface area contributed by atoms with Crippen LogP contribution in [0, 0.1) is 0 Å². The quantitative estimate of drug-likeness (QED) is 0.542. The largest absolute Gasteiger partial charge is 0.489 e. The van der Waals surface area contributed by atoms with Gasteiger partial charge in [-0.05, 0) is 31.5 Å². The Morgan fingerprint density at radius 3 is 2.77 bits per heavy atom. The second-order valence-corrected chi connectivity index (χ2v) is 6.37. The van der Waals surface area contributed by atoms with E-state index in [-0.39, 0.29) is 6.10 Å². The fourth-order valence-electron chi connectivity index (χ4n) is 2.59. The maximum atomic E-state index is 5.98.